The van der Waals surface area contributed by atoms with Gasteiger partial charge in [0, 0.05) is 0 Å². The van der Waals surface area contributed by atoms with E-state index in [1.54, 1.807) is 0 Å². The number of hydrogen-bond acceptors (Lipinski definition) is 2. The van der Waals surface area contributed by atoms with E-state index in [0.717, 1.165) is 79.7 Å². The van der Waals surface area contributed by atoms with E-state index in [2.05, 4.69) is 0 Å². The van der Waals surface area contributed by atoms with Crippen LogP contribution in [0, 0.1) is 13.8 Å². The Morgan fingerprint density at radius 1 is 0.476 bits per heavy atom. The van der Waals surface area contributed by atoms with Gasteiger partial charge < -0.3 is 9.47 Å². The minimum absolute atomic E-state index is 0.111. The molecule has 0 aliphatic rings. The Morgan fingerprint density at radius 3 is 1.10 bits per heavy atom. The third-order valence-corrected chi connectivity index (χ3v) is 6.77. The first-order valence-corrected chi connectivity index (χ1v) is 12.4. The molecule has 0 aromatic heterocycles. The average molecular weight is 599 g/mol. The summed E-state index contributed by atoms with van der Waals surface area (Å²) in [4.78, 5) is 0. The van der Waals surface area contributed by atoms with Gasteiger partial charge in [0.2, 0.25) is 0 Å². The van der Waals surface area contributed by atoms with Crippen molar-refractivity contribution in [3.63, 3.8) is 0 Å². The van der Waals surface area contributed by atoms with E-state index < -0.39 is 46.6 Å². The summed E-state index contributed by atoms with van der Waals surface area (Å²) in [6.45, 7) is 3.88. The van der Waals surface area contributed by atoms with Gasteiger partial charge in [-0.15, -0.1) is 0 Å². The summed E-state index contributed by atoms with van der Waals surface area (Å²) in [5.74, 6) is -1.23. The molecule has 0 aliphatic heterocycles. The molecule has 0 saturated carbocycles. The van der Waals surface area contributed by atoms with Gasteiger partial charge in [-0.1, -0.05) is 47.5 Å². The summed E-state index contributed by atoms with van der Waals surface area (Å²) < 4.78 is 135. The number of rotatable bonds is 6. The van der Waals surface area contributed by atoms with Crippen molar-refractivity contribution in [1.82, 2.24) is 0 Å². The normalized spacial score (nSPS) is 12.8. The third kappa shape index (κ3) is 6.34. The lowest BCUT2D eigenvalue weighted by atomic mass is 9.75. The van der Waals surface area contributed by atoms with E-state index in [1.165, 1.54) is 26.0 Å². The summed E-state index contributed by atoms with van der Waals surface area (Å²) in [6, 6.07) is 15.8. The molecule has 0 heterocycles. The Kier molecular flexibility index (Phi) is 8.01. The van der Waals surface area contributed by atoms with Gasteiger partial charge in [-0.3, -0.25) is 0 Å². The maximum Gasteiger partial charge on any atom is 0.419 e. The molecular formula is C31H23F9O2. The first kappa shape index (κ1) is 30.8. The third-order valence-electron chi connectivity index (χ3n) is 6.77. The molecule has 222 valence electrons. The van der Waals surface area contributed by atoms with Gasteiger partial charge in [0.15, 0.2) is 0 Å². The van der Waals surface area contributed by atoms with Gasteiger partial charge in [-0.2, -0.15) is 39.5 Å². The van der Waals surface area contributed by atoms with Crippen molar-refractivity contribution in [2.24, 2.45) is 0 Å². The van der Waals surface area contributed by atoms with E-state index in [4.69, 9.17) is 9.47 Å². The monoisotopic (exact) mass is 598 g/mol. The summed E-state index contributed by atoms with van der Waals surface area (Å²) in [7, 11) is 0. The zero-order chi connectivity index (χ0) is 31.1. The molecule has 0 saturated heterocycles. The van der Waals surface area contributed by atoms with Crippen LogP contribution in [0.25, 0.3) is 0 Å². The van der Waals surface area contributed by atoms with Crippen molar-refractivity contribution in [1.29, 1.82) is 0 Å². The van der Waals surface area contributed by atoms with Crippen molar-refractivity contribution < 1.29 is 49.0 Å². The van der Waals surface area contributed by atoms with Gasteiger partial charge in [0.05, 0.1) is 11.1 Å². The van der Waals surface area contributed by atoms with Crippen LogP contribution in [0.3, 0.4) is 0 Å². The van der Waals surface area contributed by atoms with Crippen LogP contribution in [0.2, 0.25) is 0 Å². The molecule has 4 aromatic carbocycles. The fourth-order valence-electron chi connectivity index (χ4n) is 4.37. The molecule has 0 N–H and O–H groups in total. The summed E-state index contributed by atoms with van der Waals surface area (Å²) in [5.41, 5.74) is -4.43. The Labute approximate surface area is 235 Å². The van der Waals surface area contributed by atoms with Crippen LogP contribution in [0.1, 0.15) is 40.3 Å². The first-order chi connectivity index (χ1) is 19.4. The molecule has 4 rings (SSSR count). The molecule has 0 amide bonds. The van der Waals surface area contributed by atoms with Crippen LogP contribution in [0.4, 0.5) is 39.5 Å². The highest BCUT2D eigenvalue weighted by Crippen LogP contribution is 2.47. The highest BCUT2D eigenvalue weighted by atomic mass is 19.4. The van der Waals surface area contributed by atoms with Gasteiger partial charge in [-0.25, -0.2) is 0 Å². The first-order valence-electron chi connectivity index (χ1n) is 12.4. The van der Waals surface area contributed by atoms with Gasteiger partial charge in [0.1, 0.15) is 28.4 Å². The standard InChI is InChI=1S/C31H23F9O2/c1-18-4-14-26(24(16-18)29(32,33)34)41-22-10-6-20(7-11-22)28(3,31(38,39)40)21-8-12-23(13-9-21)42-27-15-5-19(2)17-25(27)30(35,36)37/h4-17H,1-3H3. The van der Waals surface area contributed by atoms with Crippen molar-refractivity contribution in [3.05, 3.63) is 118 Å². The van der Waals surface area contributed by atoms with E-state index in [1.807, 2.05) is 0 Å². The number of halogens is 9. The molecule has 2 nitrogen and oxygen atoms in total. The quantitative estimate of drug-likeness (QED) is 0.206. The zero-order valence-corrected chi connectivity index (χ0v) is 22.3. The Balaban J connectivity index is 1.63. The summed E-state index contributed by atoms with van der Waals surface area (Å²) >= 11 is 0. The maximum atomic E-state index is 14.5. The molecule has 0 fully saturated rings. The van der Waals surface area contributed by atoms with E-state index in [0.29, 0.717) is 11.1 Å². The lowest BCUT2D eigenvalue weighted by Crippen LogP contribution is -2.40. The molecule has 0 atom stereocenters. The van der Waals surface area contributed by atoms with Crippen LogP contribution < -0.4 is 9.47 Å². The van der Waals surface area contributed by atoms with E-state index in [-0.39, 0.29) is 22.6 Å². The van der Waals surface area contributed by atoms with E-state index in [9.17, 15) is 39.5 Å². The van der Waals surface area contributed by atoms with Crippen LogP contribution in [-0.2, 0) is 17.8 Å². The minimum atomic E-state index is -4.83. The van der Waals surface area contributed by atoms with Crippen molar-refractivity contribution in [2.75, 3.05) is 0 Å². The van der Waals surface area contributed by atoms with Crippen molar-refractivity contribution in [3.8, 4) is 23.0 Å². The predicted molar refractivity (Wildman–Crippen MR) is 138 cm³/mol. The second-order valence-electron chi connectivity index (χ2n) is 9.87. The largest absolute Gasteiger partial charge is 0.457 e. The van der Waals surface area contributed by atoms with Gasteiger partial charge in [0.25, 0.3) is 0 Å². The zero-order valence-electron chi connectivity index (χ0n) is 22.3. The fourth-order valence-corrected chi connectivity index (χ4v) is 4.37. The number of ether oxygens (including phenoxy) is 2. The molecule has 11 heteroatoms. The maximum absolute atomic E-state index is 14.5. The lowest BCUT2D eigenvalue weighted by molar-refractivity contribution is -0.173. The van der Waals surface area contributed by atoms with Crippen molar-refractivity contribution in [2.45, 2.75) is 44.7 Å². The Morgan fingerprint density at radius 2 is 0.810 bits per heavy atom. The smallest absolute Gasteiger partial charge is 0.419 e. The number of aryl methyl sites for hydroxylation is 2. The molecule has 0 aliphatic carbocycles. The number of hydrogen-bond donors (Lipinski definition) is 0. The van der Waals surface area contributed by atoms with Gasteiger partial charge >= 0.3 is 18.5 Å². The lowest BCUT2D eigenvalue weighted by Gasteiger charge is -2.33. The van der Waals surface area contributed by atoms with Crippen LogP contribution in [0.5, 0.6) is 23.0 Å². The highest BCUT2D eigenvalue weighted by molar-refractivity contribution is 5.48. The van der Waals surface area contributed by atoms with Gasteiger partial charge in [-0.05, 0) is 80.4 Å². The minimum Gasteiger partial charge on any atom is -0.457 e. The summed E-state index contributed by atoms with van der Waals surface area (Å²) in [6.07, 6.45) is -14.3. The molecule has 0 radical (unpaired) electrons. The SMILES string of the molecule is Cc1ccc(Oc2ccc(C(C)(c3ccc(Oc4ccc(C)cc4C(F)(F)F)cc3)C(F)(F)F)cc2)c(C(F)(F)F)c1. The van der Waals surface area contributed by atoms with Crippen LogP contribution >= 0.6 is 0 Å². The van der Waals surface area contributed by atoms with Crippen LogP contribution in [-0.4, -0.2) is 6.18 Å². The molecular weight excluding hydrogens is 575 g/mol. The number of benzene rings is 4. The molecule has 0 bridgehead atoms. The predicted octanol–water partition coefficient (Wildman–Crippen LogP) is 10.8. The average Bonchev–Trinajstić information content (AvgIpc) is 2.89. The molecule has 0 spiro atoms. The second kappa shape index (κ2) is 10.9. The molecule has 42 heavy (non-hydrogen) atoms. The van der Waals surface area contributed by atoms with Crippen LogP contribution in [0.15, 0.2) is 84.9 Å². The topological polar surface area (TPSA) is 18.5 Å². The fraction of sp³-hybridized carbons (Fsp3) is 0.226. The molecule has 4 aromatic rings. The number of alkyl halides is 9. The van der Waals surface area contributed by atoms with Crippen molar-refractivity contribution >= 4 is 0 Å². The van der Waals surface area contributed by atoms with E-state index >= 15 is 0 Å². The molecule has 0 unspecified atom stereocenters. The highest BCUT2D eigenvalue weighted by Gasteiger charge is 2.53. The second-order valence-corrected chi connectivity index (χ2v) is 9.87. The Bertz CT molecular complexity index is 1440. The Hall–Kier alpha value is -4.15. The summed E-state index contributed by atoms with van der Waals surface area (Å²) in [5, 5.41) is 0.